The zero-order valence-corrected chi connectivity index (χ0v) is 53.0. The summed E-state index contributed by atoms with van der Waals surface area (Å²) >= 11 is 0. The first-order valence-corrected chi connectivity index (χ1v) is 34.0. The Morgan fingerprint density at radius 3 is 0.704 bits per heavy atom. The standard InChI is InChI=1S/C75H126O6/c1-4-7-10-13-16-19-22-25-27-29-30-31-32-33-34-35-36-37-38-39-40-41-42-43-44-46-47-50-53-56-59-62-65-68-74(77)80-71-72(70-79-73(76)67-64-61-58-55-52-49-24-21-18-15-12-9-6-3)81-75(78)69-66-63-60-57-54-51-48-45-28-26-23-20-17-14-11-8-5-2/h7-12,16-21,25-28,30-31,49,52,72H,4-6,13-15,22-24,29,32-48,50-51,53-71H2,1-3H3/b10-7-,11-8-,12-9-,19-16-,20-17-,21-18-,27-25-,28-26-,31-30-,52-49-. The maximum Gasteiger partial charge on any atom is 0.306 e. The van der Waals surface area contributed by atoms with Gasteiger partial charge in [-0.15, -0.1) is 0 Å². The third kappa shape index (κ3) is 66.5. The maximum atomic E-state index is 12.9. The van der Waals surface area contributed by atoms with Crippen molar-refractivity contribution in [2.45, 2.75) is 322 Å². The molecule has 0 fully saturated rings. The van der Waals surface area contributed by atoms with Crippen LogP contribution in [0.3, 0.4) is 0 Å². The SMILES string of the molecule is CC/C=C\C/C=C\C/C=C\C/C=C\CCCCCCCCCCCCCCCCCCCCCCC(=O)OCC(COC(=O)CCCCC/C=C\C/C=C\C/C=C\CC)OC(=O)CCCCCCCCC/C=C\C/C=C\C/C=C\CC. The molecule has 0 heterocycles. The molecule has 1 unspecified atom stereocenters. The third-order valence-electron chi connectivity index (χ3n) is 14.4. The van der Waals surface area contributed by atoms with Crippen LogP contribution in [0.25, 0.3) is 0 Å². The molecular weight excluding hydrogens is 997 g/mol. The molecule has 0 spiro atoms. The summed E-state index contributed by atoms with van der Waals surface area (Å²) in [6, 6.07) is 0. The van der Waals surface area contributed by atoms with Gasteiger partial charge in [0, 0.05) is 19.3 Å². The maximum absolute atomic E-state index is 12.9. The van der Waals surface area contributed by atoms with Crippen molar-refractivity contribution in [3.05, 3.63) is 122 Å². The van der Waals surface area contributed by atoms with Gasteiger partial charge in [0.05, 0.1) is 0 Å². The van der Waals surface area contributed by atoms with Crippen molar-refractivity contribution in [1.82, 2.24) is 0 Å². The Morgan fingerprint density at radius 2 is 0.444 bits per heavy atom. The predicted octanol–water partition coefficient (Wildman–Crippen LogP) is 23.6. The van der Waals surface area contributed by atoms with Crippen molar-refractivity contribution in [3.63, 3.8) is 0 Å². The van der Waals surface area contributed by atoms with E-state index in [-0.39, 0.29) is 31.1 Å². The third-order valence-corrected chi connectivity index (χ3v) is 14.4. The van der Waals surface area contributed by atoms with E-state index in [1.807, 2.05) is 0 Å². The molecule has 0 aliphatic heterocycles. The van der Waals surface area contributed by atoms with Crippen molar-refractivity contribution in [2.24, 2.45) is 0 Å². The fourth-order valence-corrected chi connectivity index (χ4v) is 9.46. The van der Waals surface area contributed by atoms with Crippen molar-refractivity contribution in [3.8, 4) is 0 Å². The quantitative estimate of drug-likeness (QED) is 0.0261. The van der Waals surface area contributed by atoms with Gasteiger partial charge in [0.25, 0.3) is 0 Å². The van der Waals surface area contributed by atoms with Crippen molar-refractivity contribution in [2.75, 3.05) is 13.2 Å². The smallest absolute Gasteiger partial charge is 0.306 e. The van der Waals surface area contributed by atoms with Crippen LogP contribution in [0.15, 0.2) is 122 Å². The molecule has 0 radical (unpaired) electrons. The van der Waals surface area contributed by atoms with E-state index < -0.39 is 6.10 Å². The zero-order chi connectivity index (χ0) is 58.5. The van der Waals surface area contributed by atoms with Crippen LogP contribution in [0, 0.1) is 0 Å². The van der Waals surface area contributed by atoms with Crippen molar-refractivity contribution >= 4 is 17.9 Å². The van der Waals surface area contributed by atoms with E-state index in [0.29, 0.717) is 19.3 Å². The van der Waals surface area contributed by atoms with E-state index in [0.717, 1.165) is 135 Å². The molecule has 0 N–H and O–H groups in total. The average molecular weight is 1120 g/mol. The molecule has 0 aromatic carbocycles. The highest BCUT2D eigenvalue weighted by molar-refractivity contribution is 5.71. The van der Waals surface area contributed by atoms with Gasteiger partial charge in [-0.1, -0.05) is 296 Å². The largest absolute Gasteiger partial charge is 0.462 e. The minimum Gasteiger partial charge on any atom is -0.462 e. The molecule has 462 valence electrons. The van der Waals surface area contributed by atoms with Crippen LogP contribution in [-0.4, -0.2) is 37.2 Å². The second-order valence-corrected chi connectivity index (χ2v) is 22.3. The summed E-state index contributed by atoms with van der Waals surface area (Å²) in [5.41, 5.74) is 0. The van der Waals surface area contributed by atoms with Gasteiger partial charge in [-0.3, -0.25) is 14.4 Å². The Balaban J connectivity index is 4.18. The number of ether oxygens (including phenoxy) is 3. The first-order chi connectivity index (χ1) is 40.0. The van der Waals surface area contributed by atoms with E-state index in [9.17, 15) is 14.4 Å². The van der Waals surface area contributed by atoms with Crippen LogP contribution < -0.4 is 0 Å². The minimum absolute atomic E-state index is 0.0906. The highest BCUT2D eigenvalue weighted by atomic mass is 16.6. The Morgan fingerprint density at radius 1 is 0.247 bits per heavy atom. The number of carbonyl (C=O) groups is 3. The van der Waals surface area contributed by atoms with Gasteiger partial charge in [0.1, 0.15) is 13.2 Å². The Bertz CT molecular complexity index is 1670. The molecule has 0 aliphatic rings. The van der Waals surface area contributed by atoms with Gasteiger partial charge in [-0.2, -0.15) is 0 Å². The number of allylic oxidation sites excluding steroid dienone is 20. The summed E-state index contributed by atoms with van der Waals surface area (Å²) in [4.78, 5) is 38.3. The molecule has 0 saturated heterocycles. The zero-order valence-electron chi connectivity index (χ0n) is 53.0. The summed E-state index contributed by atoms with van der Waals surface area (Å²) in [7, 11) is 0. The molecule has 0 saturated carbocycles. The Hall–Kier alpha value is -4.19. The van der Waals surface area contributed by atoms with Gasteiger partial charge < -0.3 is 14.2 Å². The molecule has 0 aromatic heterocycles. The van der Waals surface area contributed by atoms with Crippen molar-refractivity contribution in [1.29, 1.82) is 0 Å². The lowest BCUT2D eigenvalue weighted by Gasteiger charge is -2.18. The Kier molecular flexibility index (Phi) is 64.8. The van der Waals surface area contributed by atoms with Crippen LogP contribution in [-0.2, 0) is 28.6 Å². The van der Waals surface area contributed by atoms with Crippen LogP contribution in [0.4, 0.5) is 0 Å². The predicted molar refractivity (Wildman–Crippen MR) is 353 cm³/mol. The summed E-state index contributed by atoms with van der Waals surface area (Å²) in [5, 5.41) is 0. The number of hydrogen-bond acceptors (Lipinski definition) is 6. The lowest BCUT2D eigenvalue weighted by atomic mass is 10.0. The monoisotopic (exact) mass is 1120 g/mol. The topological polar surface area (TPSA) is 78.9 Å². The number of esters is 3. The molecule has 0 bridgehead atoms. The summed E-state index contributed by atoms with van der Waals surface area (Å²) in [6.07, 6.45) is 95.2. The van der Waals surface area contributed by atoms with Gasteiger partial charge in [-0.25, -0.2) is 0 Å². The second kappa shape index (κ2) is 68.3. The fourth-order valence-electron chi connectivity index (χ4n) is 9.46. The summed E-state index contributed by atoms with van der Waals surface area (Å²) in [6.45, 7) is 6.29. The van der Waals surface area contributed by atoms with E-state index in [2.05, 4.69) is 142 Å². The highest BCUT2D eigenvalue weighted by Gasteiger charge is 2.19. The van der Waals surface area contributed by atoms with Gasteiger partial charge in [-0.05, 0) is 122 Å². The molecule has 0 rings (SSSR count). The van der Waals surface area contributed by atoms with Gasteiger partial charge in [0.15, 0.2) is 6.10 Å². The lowest BCUT2D eigenvalue weighted by molar-refractivity contribution is -0.167. The first kappa shape index (κ1) is 76.8. The van der Waals surface area contributed by atoms with Crippen LogP contribution in [0.2, 0.25) is 0 Å². The molecular formula is C75H126O6. The van der Waals surface area contributed by atoms with E-state index in [1.165, 1.54) is 141 Å². The first-order valence-electron chi connectivity index (χ1n) is 34.0. The molecule has 81 heavy (non-hydrogen) atoms. The molecule has 6 nitrogen and oxygen atoms in total. The number of hydrogen-bond donors (Lipinski definition) is 0. The molecule has 6 heteroatoms. The molecule has 0 amide bonds. The number of carbonyl (C=O) groups excluding carboxylic acids is 3. The normalized spacial score (nSPS) is 12.9. The van der Waals surface area contributed by atoms with Crippen LogP contribution in [0.5, 0.6) is 0 Å². The van der Waals surface area contributed by atoms with E-state index >= 15 is 0 Å². The number of rotatable bonds is 61. The molecule has 0 aliphatic carbocycles. The number of unbranched alkanes of at least 4 members (excludes halogenated alkanes) is 30. The van der Waals surface area contributed by atoms with Crippen molar-refractivity contribution < 1.29 is 28.6 Å². The Labute approximate surface area is 501 Å². The van der Waals surface area contributed by atoms with Gasteiger partial charge >= 0.3 is 17.9 Å². The molecule has 0 aromatic rings. The lowest BCUT2D eigenvalue weighted by Crippen LogP contribution is -2.30. The average Bonchev–Trinajstić information content (AvgIpc) is 3.46. The van der Waals surface area contributed by atoms with E-state index in [1.54, 1.807) is 0 Å². The van der Waals surface area contributed by atoms with Crippen LogP contribution in [0.1, 0.15) is 316 Å². The second-order valence-electron chi connectivity index (χ2n) is 22.3. The van der Waals surface area contributed by atoms with E-state index in [4.69, 9.17) is 14.2 Å². The minimum atomic E-state index is -0.797. The molecule has 1 atom stereocenters. The highest BCUT2D eigenvalue weighted by Crippen LogP contribution is 2.17. The van der Waals surface area contributed by atoms with Gasteiger partial charge in [0.2, 0.25) is 0 Å². The summed E-state index contributed by atoms with van der Waals surface area (Å²) < 4.78 is 16.9. The van der Waals surface area contributed by atoms with Crippen LogP contribution >= 0.6 is 0 Å². The summed E-state index contributed by atoms with van der Waals surface area (Å²) in [5.74, 6) is -0.922. The fraction of sp³-hybridized carbons (Fsp3) is 0.693.